The van der Waals surface area contributed by atoms with Crippen molar-refractivity contribution in [2.45, 2.75) is 19.5 Å². The van der Waals surface area contributed by atoms with E-state index in [1.165, 1.54) is 5.56 Å². The van der Waals surface area contributed by atoms with Gasteiger partial charge in [0, 0.05) is 24.7 Å². The first-order valence-corrected chi connectivity index (χ1v) is 6.08. The Hall–Kier alpha value is -1.72. The van der Waals surface area contributed by atoms with Crippen LogP contribution < -0.4 is 5.73 Å². The highest BCUT2D eigenvalue weighted by molar-refractivity contribution is 5.54. The van der Waals surface area contributed by atoms with Crippen LogP contribution in [0.25, 0.3) is 11.4 Å². The molecule has 1 saturated heterocycles. The lowest BCUT2D eigenvalue weighted by Gasteiger charge is -2.35. The molecule has 1 aromatic heterocycles. The molecule has 0 radical (unpaired) electrons. The van der Waals surface area contributed by atoms with Crippen molar-refractivity contribution >= 4 is 0 Å². The monoisotopic (exact) mass is 244 g/mol. The van der Waals surface area contributed by atoms with Crippen molar-refractivity contribution in [1.82, 2.24) is 15.0 Å². The predicted molar refractivity (Wildman–Crippen MR) is 67.7 cm³/mol. The summed E-state index contributed by atoms with van der Waals surface area (Å²) in [5.74, 6) is 1.30. The van der Waals surface area contributed by atoms with E-state index in [0.717, 1.165) is 18.7 Å². The summed E-state index contributed by atoms with van der Waals surface area (Å²) in [5, 5.41) is 4.00. The molecular formula is C13H16N4O. The maximum absolute atomic E-state index is 5.72. The Morgan fingerprint density at radius 3 is 2.72 bits per heavy atom. The smallest absolute Gasteiger partial charge is 0.241 e. The lowest BCUT2D eigenvalue weighted by Crippen LogP contribution is -2.54. The Kier molecular flexibility index (Phi) is 2.85. The standard InChI is InChI=1S/C13H16N4O/c1-9-2-4-10(5-3-9)13-15-12(18-16-13)8-17-6-11(14)7-17/h2-5,11H,6-8,14H2,1H3. The van der Waals surface area contributed by atoms with Gasteiger partial charge in [0.15, 0.2) is 0 Å². The van der Waals surface area contributed by atoms with Crippen molar-refractivity contribution in [1.29, 1.82) is 0 Å². The molecule has 1 aliphatic rings. The van der Waals surface area contributed by atoms with Crippen molar-refractivity contribution in [3.63, 3.8) is 0 Å². The maximum atomic E-state index is 5.72. The van der Waals surface area contributed by atoms with Crippen LogP contribution in [0.2, 0.25) is 0 Å². The van der Waals surface area contributed by atoms with Gasteiger partial charge in [0.05, 0.1) is 6.54 Å². The lowest BCUT2D eigenvalue weighted by atomic mass is 10.1. The number of aryl methyl sites for hydroxylation is 1. The zero-order valence-corrected chi connectivity index (χ0v) is 10.3. The van der Waals surface area contributed by atoms with Crippen LogP contribution in [0.4, 0.5) is 0 Å². The quantitative estimate of drug-likeness (QED) is 0.878. The third-order valence-electron chi connectivity index (χ3n) is 3.12. The van der Waals surface area contributed by atoms with Gasteiger partial charge in [-0.25, -0.2) is 0 Å². The van der Waals surface area contributed by atoms with E-state index in [0.29, 0.717) is 24.3 Å². The van der Waals surface area contributed by atoms with Gasteiger partial charge in [0.25, 0.3) is 0 Å². The fourth-order valence-corrected chi connectivity index (χ4v) is 2.07. The van der Waals surface area contributed by atoms with Gasteiger partial charge in [0.2, 0.25) is 11.7 Å². The third-order valence-corrected chi connectivity index (χ3v) is 3.12. The highest BCUT2D eigenvalue weighted by Gasteiger charge is 2.24. The molecule has 5 nitrogen and oxygen atoms in total. The number of nitrogens with zero attached hydrogens (tertiary/aromatic N) is 3. The van der Waals surface area contributed by atoms with Crippen molar-refractivity contribution in [3.05, 3.63) is 35.7 Å². The summed E-state index contributed by atoms with van der Waals surface area (Å²) in [6, 6.07) is 8.39. The van der Waals surface area contributed by atoms with Crippen molar-refractivity contribution in [3.8, 4) is 11.4 Å². The largest absolute Gasteiger partial charge is 0.338 e. The molecule has 2 N–H and O–H groups in total. The molecule has 0 bridgehead atoms. The molecule has 2 heterocycles. The Morgan fingerprint density at radius 1 is 1.33 bits per heavy atom. The average Bonchev–Trinajstić information content (AvgIpc) is 2.77. The summed E-state index contributed by atoms with van der Waals surface area (Å²) in [4.78, 5) is 6.59. The van der Waals surface area contributed by atoms with E-state index in [9.17, 15) is 0 Å². The van der Waals surface area contributed by atoms with Crippen LogP contribution in [0.1, 0.15) is 11.5 Å². The summed E-state index contributed by atoms with van der Waals surface area (Å²) < 4.78 is 5.25. The van der Waals surface area contributed by atoms with Gasteiger partial charge in [-0.15, -0.1) is 0 Å². The summed E-state index contributed by atoms with van der Waals surface area (Å²) >= 11 is 0. The predicted octanol–water partition coefficient (Wildman–Crippen LogP) is 1.19. The van der Waals surface area contributed by atoms with Gasteiger partial charge in [-0.1, -0.05) is 35.0 Å². The normalized spacial score (nSPS) is 16.8. The molecule has 1 aliphatic heterocycles. The molecule has 3 rings (SSSR count). The molecule has 0 spiro atoms. The Labute approximate surface area is 106 Å². The second kappa shape index (κ2) is 4.51. The van der Waals surface area contributed by atoms with Gasteiger partial charge >= 0.3 is 0 Å². The van der Waals surface area contributed by atoms with E-state index in [-0.39, 0.29) is 0 Å². The number of benzene rings is 1. The van der Waals surface area contributed by atoms with E-state index < -0.39 is 0 Å². The number of rotatable bonds is 3. The maximum Gasteiger partial charge on any atom is 0.241 e. The molecule has 94 valence electrons. The number of likely N-dealkylation sites (tertiary alicyclic amines) is 1. The van der Waals surface area contributed by atoms with Crippen LogP contribution in [0.5, 0.6) is 0 Å². The van der Waals surface area contributed by atoms with Gasteiger partial charge < -0.3 is 10.3 Å². The Balaban J connectivity index is 1.71. The highest BCUT2D eigenvalue weighted by Crippen LogP contribution is 2.18. The van der Waals surface area contributed by atoms with E-state index in [1.54, 1.807) is 0 Å². The Morgan fingerprint density at radius 2 is 2.06 bits per heavy atom. The van der Waals surface area contributed by atoms with Crippen LogP contribution in [0, 0.1) is 6.92 Å². The van der Waals surface area contributed by atoms with Crippen molar-refractivity contribution in [2.24, 2.45) is 5.73 Å². The number of aromatic nitrogens is 2. The third kappa shape index (κ3) is 2.27. The van der Waals surface area contributed by atoms with Crippen LogP contribution in [-0.4, -0.2) is 34.2 Å². The average molecular weight is 244 g/mol. The molecule has 0 amide bonds. The van der Waals surface area contributed by atoms with E-state index >= 15 is 0 Å². The van der Waals surface area contributed by atoms with Gasteiger partial charge in [-0.2, -0.15) is 4.98 Å². The second-order valence-corrected chi connectivity index (χ2v) is 4.83. The lowest BCUT2D eigenvalue weighted by molar-refractivity contribution is 0.125. The molecule has 5 heteroatoms. The molecule has 2 aromatic rings. The summed E-state index contributed by atoms with van der Waals surface area (Å²) in [7, 11) is 0. The summed E-state index contributed by atoms with van der Waals surface area (Å²) in [6.45, 7) is 4.55. The molecule has 0 unspecified atom stereocenters. The summed E-state index contributed by atoms with van der Waals surface area (Å²) in [5.41, 5.74) is 7.93. The van der Waals surface area contributed by atoms with Crippen molar-refractivity contribution < 1.29 is 4.52 Å². The Bertz CT molecular complexity index is 528. The van der Waals surface area contributed by atoms with Gasteiger partial charge in [-0.05, 0) is 6.92 Å². The van der Waals surface area contributed by atoms with Gasteiger partial charge in [0.1, 0.15) is 0 Å². The van der Waals surface area contributed by atoms with Crippen LogP contribution in [-0.2, 0) is 6.54 Å². The summed E-state index contributed by atoms with van der Waals surface area (Å²) in [6.07, 6.45) is 0. The highest BCUT2D eigenvalue weighted by atomic mass is 16.5. The minimum absolute atomic E-state index is 0.296. The zero-order chi connectivity index (χ0) is 12.5. The number of nitrogens with two attached hydrogens (primary N) is 1. The molecule has 1 aromatic carbocycles. The first-order valence-electron chi connectivity index (χ1n) is 6.08. The molecular weight excluding hydrogens is 228 g/mol. The second-order valence-electron chi connectivity index (χ2n) is 4.83. The minimum atomic E-state index is 0.296. The van der Waals surface area contributed by atoms with Crippen LogP contribution in [0.15, 0.2) is 28.8 Å². The number of hydrogen-bond acceptors (Lipinski definition) is 5. The first-order chi connectivity index (χ1) is 8.70. The fraction of sp³-hybridized carbons (Fsp3) is 0.385. The topological polar surface area (TPSA) is 68.2 Å². The SMILES string of the molecule is Cc1ccc(-c2noc(CN3CC(N)C3)n2)cc1. The molecule has 0 aliphatic carbocycles. The molecule has 0 atom stereocenters. The molecule has 18 heavy (non-hydrogen) atoms. The number of hydrogen-bond donors (Lipinski definition) is 1. The van der Waals surface area contributed by atoms with Crippen LogP contribution >= 0.6 is 0 Å². The van der Waals surface area contributed by atoms with Crippen molar-refractivity contribution in [2.75, 3.05) is 13.1 Å². The van der Waals surface area contributed by atoms with Crippen LogP contribution in [0.3, 0.4) is 0 Å². The fourth-order valence-electron chi connectivity index (χ4n) is 2.07. The molecule has 0 saturated carbocycles. The molecule has 1 fully saturated rings. The zero-order valence-electron chi connectivity index (χ0n) is 10.3. The minimum Gasteiger partial charge on any atom is -0.338 e. The van der Waals surface area contributed by atoms with Gasteiger partial charge in [-0.3, -0.25) is 4.90 Å². The van der Waals surface area contributed by atoms with E-state index in [1.807, 2.05) is 24.3 Å². The first kappa shape index (κ1) is 11.4. The van der Waals surface area contributed by atoms with E-state index in [4.69, 9.17) is 10.3 Å². The van der Waals surface area contributed by atoms with E-state index in [2.05, 4.69) is 22.0 Å².